The van der Waals surface area contributed by atoms with E-state index in [0.717, 1.165) is 6.42 Å². The van der Waals surface area contributed by atoms with Crippen molar-refractivity contribution in [1.82, 2.24) is 0 Å². The fourth-order valence-electron chi connectivity index (χ4n) is 0.711. The third-order valence-electron chi connectivity index (χ3n) is 1.38. The summed E-state index contributed by atoms with van der Waals surface area (Å²) in [4.78, 5) is 21.1. The van der Waals surface area contributed by atoms with Gasteiger partial charge < -0.3 is 4.79 Å². The van der Waals surface area contributed by atoms with Crippen LogP contribution < -0.4 is 0 Å². The lowest BCUT2D eigenvalue weighted by atomic mass is 10.1. The second kappa shape index (κ2) is 5.15. The van der Waals surface area contributed by atoms with E-state index >= 15 is 0 Å². The Morgan fingerprint density at radius 3 is 2.20 bits per heavy atom. The average Bonchev–Trinajstić information content (AvgIpc) is 1.87. The summed E-state index contributed by atoms with van der Waals surface area (Å²) in [6, 6.07) is 0. The second-order valence-electron chi connectivity index (χ2n) is 2.45. The van der Waals surface area contributed by atoms with Crippen LogP contribution in [-0.4, -0.2) is 11.6 Å². The number of Topliss-reactive ketones (excluding diaryl/α,β-unsaturated/α-hetero) is 2. The zero-order valence-electron chi connectivity index (χ0n) is 6.64. The van der Waals surface area contributed by atoms with Crippen molar-refractivity contribution in [3.05, 3.63) is 0 Å². The van der Waals surface area contributed by atoms with E-state index in [-0.39, 0.29) is 11.6 Å². The molecule has 0 amide bonds. The first kappa shape index (κ1) is 9.34. The molecule has 10 heavy (non-hydrogen) atoms. The maximum Gasteiger partial charge on any atom is 0.132 e. The van der Waals surface area contributed by atoms with Crippen LogP contribution in [0.5, 0.6) is 0 Å². The monoisotopic (exact) mass is 142 g/mol. The predicted octanol–water partition coefficient (Wildman–Crippen LogP) is 1.72. The number of ketones is 2. The van der Waals surface area contributed by atoms with E-state index in [0.29, 0.717) is 19.3 Å². The fraction of sp³-hybridized carbons (Fsp3) is 0.750. The molecule has 0 bridgehead atoms. The standard InChI is InChI=1S/C8H14O2/c1-3-8(10)6-4-5-7(2)9/h3-6H2,1-2H3. The zero-order valence-corrected chi connectivity index (χ0v) is 6.64. The zero-order chi connectivity index (χ0) is 7.98. The molecule has 0 radical (unpaired) electrons. The minimum atomic E-state index is 0.170. The normalized spacial score (nSPS) is 9.40. The van der Waals surface area contributed by atoms with Crippen LogP contribution in [0.25, 0.3) is 0 Å². The second-order valence-corrected chi connectivity index (χ2v) is 2.45. The van der Waals surface area contributed by atoms with Crippen molar-refractivity contribution in [3.8, 4) is 0 Å². The highest BCUT2D eigenvalue weighted by Gasteiger charge is 1.98. The summed E-state index contributed by atoms with van der Waals surface area (Å²) in [7, 11) is 0. The molecule has 58 valence electrons. The lowest BCUT2D eigenvalue weighted by Gasteiger charge is -1.93. The molecule has 0 unspecified atom stereocenters. The molecule has 0 fully saturated rings. The van der Waals surface area contributed by atoms with Crippen molar-refractivity contribution in [1.29, 1.82) is 0 Å². The number of hydrogen-bond acceptors (Lipinski definition) is 2. The van der Waals surface area contributed by atoms with E-state index in [1.54, 1.807) is 6.92 Å². The molecular formula is C8H14O2. The Bertz CT molecular complexity index is 127. The van der Waals surface area contributed by atoms with Crippen LogP contribution in [0.2, 0.25) is 0 Å². The molecule has 0 heterocycles. The SMILES string of the molecule is CCC(=O)CCCC(C)=O. The first-order valence-corrected chi connectivity index (χ1v) is 3.68. The predicted molar refractivity (Wildman–Crippen MR) is 39.8 cm³/mol. The molecule has 0 aliphatic rings. The van der Waals surface area contributed by atoms with Crippen molar-refractivity contribution in [2.75, 3.05) is 0 Å². The molecule has 0 atom stereocenters. The molecule has 0 aliphatic carbocycles. The summed E-state index contributed by atoms with van der Waals surface area (Å²) in [6.45, 7) is 3.40. The van der Waals surface area contributed by atoms with Gasteiger partial charge in [-0.15, -0.1) is 0 Å². The highest BCUT2D eigenvalue weighted by molar-refractivity contribution is 5.79. The van der Waals surface area contributed by atoms with Gasteiger partial charge in [-0.05, 0) is 13.3 Å². The van der Waals surface area contributed by atoms with Crippen molar-refractivity contribution >= 4 is 11.6 Å². The van der Waals surface area contributed by atoms with Crippen molar-refractivity contribution in [2.24, 2.45) is 0 Å². The summed E-state index contributed by atoms with van der Waals surface area (Å²) in [5.74, 6) is 0.421. The Hall–Kier alpha value is -0.660. The van der Waals surface area contributed by atoms with Crippen LogP contribution >= 0.6 is 0 Å². The molecule has 0 aromatic carbocycles. The van der Waals surface area contributed by atoms with Crippen LogP contribution in [-0.2, 0) is 9.59 Å². The van der Waals surface area contributed by atoms with Gasteiger partial charge in [-0.1, -0.05) is 6.92 Å². The van der Waals surface area contributed by atoms with Crippen LogP contribution in [0, 0.1) is 0 Å². The summed E-state index contributed by atoms with van der Waals surface area (Å²) in [5, 5.41) is 0. The van der Waals surface area contributed by atoms with Gasteiger partial charge in [0.25, 0.3) is 0 Å². The van der Waals surface area contributed by atoms with Gasteiger partial charge in [0.15, 0.2) is 0 Å². The summed E-state index contributed by atoms with van der Waals surface area (Å²) >= 11 is 0. The van der Waals surface area contributed by atoms with Crippen LogP contribution in [0.3, 0.4) is 0 Å². The molecule has 0 spiro atoms. The quantitative estimate of drug-likeness (QED) is 0.585. The molecular weight excluding hydrogens is 128 g/mol. The smallest absolute Gasteiger partial charge is 0.132 e. The highest BCUT2D eigenvalue weighted by Crippen LogP contribution is 1.98. The van der Waals surface area contributed by atoms with Crippen LogP contribution in [0.1, 0.15) is 39.5 Å². The molecule has 0 aromatic heterocycles. The van der Waals surface area contributed by atoms with Gasteiger partial charge >= 0.3 is 0 Å². The minimum absolute atomic E-state index is 0.170. The van der Waals surface area contributed by atoms with Crippen LogP contribution in [0.15, 0.2) is 0 Å². The Morgan fingerprint density at radius 1 is 1.20 bits per heavy atom. The van der Waals surface area contributed by atoms with Gasteiger partial charge in [0, 0.05) is 19.3 Å². The number of carbonyl (C=O) groups is 2. The lowest BCUT2D eigenvalue weighted by Crippen LogP contribution is -1.97. The molecule has 0 aromatic rings. The Kier molecular flexibility index (Phi) is 4.81. The molecule has 0 saturated heterocycles. The van der Waals surface area contributed by atoms with Gasteiger partial charge in [0.1, 0.15) is 11.6 Å². The molecule has 2 nitrogen and oxygen atoms in total. The number of carbonyl (C=O) groups excluding carboxylic acids is 2. The van der Waals surface area contributed by atoms with Gasteiger partial charge in [0.2, 0.25) is 0 Å². The average molecular weight is 142 g/mol. The molecule has 2 heteroatoms. The fourth-order valence-corrected chi connectivity index (χ4v) is 0.711. The summed E-state index contributed by atoms with van der Waals surface area (Å²) in [5.41, 5.74) is 0. The molecule has 0 rings (SSSR count). The molecule has 0 saturated carbocycles. The minimum Gasteiger partial charge on any atom is -0.300 e. The van der Waals surface area contributed by atoms with E-state index < -0.39 is 0 Å². The maximum atomic E-state index is 10.7. The first-order valence-electron chi connectivity index (χ1n) is 3.68. The van der Waals surface area contributed by atoms with E-state index in [4.69, 9.17) is 0 Å². The van der Waals surface area contributed by atoms with E-state index in [1.807, 2.05) is 6.92 Å². The van der Waals surface area contributed by atoms with Gasteiger partial charge in [-0.25, -0.2) is 0 Å². The number of hydrogen-bond donors (Lipinski definition) is 0. The highest BCUT2D eigenvalue weighted by atomic mass is 16.1. The largest absolute Gasteiger partial charge is 0.300 e. The van der Waals surface area contributed by atoms with Gasteiger partial charge in [-0.2, -0.15) is 0 Å². The maximum absolute atomic E-state index is 10.7. The summed E-state index contributed by atoms with van der Waals surface area (Å²) in [6.07, 6.45) is 2.43. The Morgan fingerprint density at radius 2 is 1.80 bits per heavy atom. The van der Waals surface area contributed by atoms with E-state index in [2.05, 4.69) is 0 Å². The first-order chi connectivity index (χ1) is 4.66. The van der Waals surface area contributed by atoms with Crippen molar-refractivity contribution in [3.63, 3.8) is 0 Å². The third-order valence-corrected chi connectivity index (χ3v) is 1.38. The van der Waals surface area contributed by atoms with Crippen molar-refractivity contribution in [2.45, 2.75) is 39.5 Å². The topological polar surface area (TPSA) is 34.1 Å². The van der Waals surface area contributed by atoms with E-state index in [1.165, 1.54) is 0 Å². The number of rotatable bonds is 5. The van der Waals surface area contributed by atoms with Crippen molar-refractivity contribution < 1.29 is 9.59 Å². The van der Waals surface area contributed by atoms with Gasteiger partial charge in [-0.3, -0.25) is 4.79 Å². The molecule has 0 N–H and O–H groups in total. The Balaban J connectivity index is 3.20. The molecule has 0 aliphatic heterocycles. The van der Waals surface area contributed by atoms with E-state index in [9.17, 15) is 9.59 Å². The summed E-state index contributed by atoms with van der Waals surface area (Å²) < 4.78 is 0. The van der Waals surface area contributed by atoms with Gasteiger partial charge in [0.05, 0.1) is 0 Å². The van der Waals surface area contributed by atoms with Crippen LogP contribution in [0.4, 0.5) is 0 Å². The lowest BCUT2D eigenvalue weighted by molar-refractivity contribution is -0.119. The third kappa shape index (κ3) is 5.48. The Labute approximate surface area is 61.6 Å².